The molecule has 2 saturated heterocycles. The van der Waals surface area contributed by atoms with Crippen molar-refractivity contribution in [1.29, 1.82) is 0 Å². The zero-order chi connectivity index (χ0) is 32.6. The molecule has 9 heteroatoms. The lowest BCUT2D eigenvalue weighted by Gasteiger charge is -2.41. The van der Waals surface area contributed by atoms with Crippen molar-refractivity contribution in [3.05, 3.63) is 84.5 Å². The highest BCUT2D eigenvalue weighted by molar-refractivity contribution is 6.04. The monoisotopic (exact) mass is 627 g/mol. The maximum Gasteiger partial charge on any atom is 0.249 e. The van der Waals surface area contributed by atoms with Gasteiger partial charge in [-0.3, -0.25) is 14.4 Å². The molecule has 46 heavy (non-hydrogen) atoms. The van der Waals surface area contributed by atoms with Crippen LogP contribution < -0.4 is 9.64 Å². The molecule has 0 aliphatic carbocycles. The van der Waals surface area contributed by atoms with Crippen LogP contribution in [0.3, 0.4) is 0 Å². The molecular formula is C37H45N3O6. The van der Waals surface area contributed by atoms with Crippen molar-refractivity contribution in [2.75, 3.05) is 31.2 Å². The van der Waals surface area contributed by atoms with Gasteiger partial charge in [0.05, 0.1) is 36.7 Å². The number of rotatable bonds is 10. The van der Waals surface area contributed by atoms with E-state index in [0.29, 0.717) is 37.6 Å². The predicted molar refractivity (Wildman–Crippen MR) is 175 cm³/mol. The first kappa shape index (κ1) is 32.0. The van der Waals surface area contributed by atoms with E-state index in [9.17, 15) is 19.5 Å². The third kappa shape index (κ3) is 5.23. The zero-order valence-electron chi connectivity index (χ0n) is 27.2. The fourth-order valence-electron chi connectivity index (χ4n) is 8.10. The number of ether oxygens (including phenoxy) is 2. The Hall–Kier alpha value is -3.95. The van der Waals surface area contributed by atoms with Crippen molar-refractivity contribution in [2.24, 2.45) is 11.8 Å². The van der Waals surface area contributed by atoms with Crippen molar-refractivity contribution in [3.8, 4) is 5.75 Å². The highest BCUT2D eigenvalue weighted by atomic mass is 16.5. The Morgan fingerprint density at radius 1 is 0.935 bits per heavy atom. The minimum Gasteiger partial charge on any atom is -0.494 e. The number of carbonyl (C=O) groups is 3. The summed E-state index contributed by atoms with van der Waals surface area (Å²) in [7, 11) is 0. The Bertz CT molecular complexity index is 1510. The van der Waals surface area contributed by atoms with Gasteiger partial charge in [-0.2, -0.15) is 0 Å². The minimum absolute atomic E-state index is 0.0610. The predicted octanol–water partition coefficient (Wildman–Crippen LogP) is 4.15. The molecule has 0 saturated carbocycles. The largest absolute Gasteiger partial charge is 0.494 e. The van der Waals surface area contributed by atoms with Crippen molar-refractivity contribution < 1.29 is 29.0 Å². The summed E-state index contributed by atoms with van der Waals surface area (Å²) in [6.07, 6.45) is 9.66. The van der Waals surface area contributed by atoms with Crippen LogP contribution in [0, 0.1) is 11.8 Å². The summed E-state index contributed by atoms with van der Waals surface area (Å²) in [4.78, 5) is 49.4. The number of nitrogens with zero attached hydrogens (tertiary/aromatic N) is 3. The number of hydrogen-bond acceptors (Lipinski definition) is 6. The molecule has 6 rings (SSSR count). The lowest BCUT2D eigenvalue weighted by Crippen LogP contribution is -2.60. The maximum atomic E-state index is 14.9. The van der Waals surface area contributed by atoms with E-state index >= 15 is 0 Å². The first-order chi connectivity index (χ1) is 22.2. The van der Waals surface area contributed by atoms with Crippen LogP contribution in [0.1, 0.15) is 46.1 Å². The van der Waals surface area contributed by atoms with E-state index in [-0.39, 0.29) is 30.4 Å². The number of hydrogen-bond donors (Lipinski definition) is 1. The van der Waals surface area contributed by atoms with Crippen LogP contribution in [-0.2, 0) is 25.5 Å². The second-order valence-electron chi connectivity index (χ2n) is 13.1. The van der Waals surface area contributed by atoms with E-state index < -0.39 is 35.1 Å². The number of fused-ring (bicyclic) bond motifs is 2. The molecular weight excluding hydrogens is 582 g/mol. The van der Waals surface area contributed by atoms with Gasteiger partial charge in [-0.05, 0) is 63.4 Å². The summed E-state index contributed by atoms with van der Waals surface area (Å²) in [5.74, 6) is -1.95. The SMILES string of the molecule is CCCC(C)N1CC=C[C@]23O[C@]4(C)C=CCN(c5ccc(OCC)cc5)C(=O)[C@@H]4[C@H]2C(=O)N([C@@H](CO)Cc2ccccc2)C3C1=O. The van der Waals surface area contributed by atoms with E-state index in [2.05, 4.69) is 6.92 Å². The van der Waals surface area contributed by atoms with Crippen LogP contribution in [0.25, 0.3) is 0 Å². The highest BCUT2D eigenvalue weighted by Gasteiger charge is 2.75. The molecule has 7 atom stereocenters. The number of anilines is 1. The molecule has 2 fully saturated rings. The molecule has 2 aromatic rings. The van der Waals surface area contributed by atoms with Crippen LogP contribution in [0.4, 0.5) is 5.69 Å². The number of aliphatic hydroxyl groups excluding tert-OH is 1. The van der Waals surface area contributed by atoms with Crippen LogP contribution in [0.5, 0.6) is 5.75 Å². The summed E-state index contributed by atoms with van der Waals surface area (Å²) in [6.45, 7) is 8.77. The lowest BCUT2D eigenvalue weighted by molar-refractivity contribution is -0.155. The average molecular weight is 628 g/mol. The van der Waals surface area contributed by atoms with E-state index in [1.165, 1.54) is 0 Å². The van der Waals surface area contributed by atoms with Gasteiger partial charge in [0.15, 0.2) is 0 Å². The van der Waals surface area contributed by atoms with Gasteiger partial charge in [0.2, 0.25) is 17.7 Å². The molecule has 1 spiro atoms. The van der Waals surface area contributed by atoms with Gasteiger partial charge >= 0.3 is 0 Å². The number of amides is 3. The van der Waals surface area contributed by atoms with Crippen molar-refractivity contribution >= 4 is 23.4 Å². The summed E-state index contributed by atoms with van der Waals surface area (Å²) < 4.78 is 12.6. The highest BCUT2D eigenvalue weighted by Crippen LogP contribution is 2.58. The topological polar surface area (TPSA) is 99.6 Å². The van der Waals surface area contributed by atoms with E-state index in [4.69, 9.17) is 9.47 Å². The molecule has 4 aliphatic rings. The smallest absolute Gasteiger partial charge is 0.249 e. The molecule has 4 aliphatic heterocycles. The Morgan fingerprint density at radius 2 is 1.65 bits per heavy atom. The van der Waals surface area contributed by atoms with E-state index in [1.807, 2.05) is 105 Å². The quantitative estimate of drug-likeness (QED) is 0.398. The summed E-state index contributed by atoms with van der Waals surface area (Å²) in [5, 5.41) is 10.8. The lowest BCUT2D eigenvalue weighted by atomic mass is 9.74. The minimum atomic E-state index is -1.39. The van der Waals surface area contributed by atoms with Gasteiger partial charge in [-0.1, -0.05) is 68.0 Å². The van der Waals surface area contributed by atoms with Crippen molar-refractivity contribution in [2.45, 2.75) is 76.3 Å². The molecule has 0 radical (unpaired) electrons. The second kappa shape index (κ2) is 12.7. The number of carbonyl (C=O) groups excluding carboxylic acids is 3. The van der Waals surface area contributed by atoms with Gasteiger partial charge < -0.3 is 29.3 Å². The first-order valence-electron chi connectivity index (χ1n) is 16.6. The number of likely N-dealkylation sites (tertiary alicyclic amines) is 1. The van der Waals surface area contributed by atoms with Crippen LogP contribution in [0.15, 0.2) is 78.9 Å². The molecule has 4 heterocycles. The maximum absolute atomic E-state index is 14.9. The summed E-state index contributed by atoms with van der Waals surface area (Å²) in [6, 6.07) is 15.2. The molecule has 1 N–H and O–H groups in total. The summed E-state index contributed by atoms with van der Waals surface area (Å²) >= 11 is 0. The molecule has 244 valence electrons. The first-order valence-corrected chi connectivity index (χ1v) is 16.6. The van der Waals surface area contributed by atoms with Crippen LogP contribution in [-0.4, -0.2) is 88.3 Å². The second-order valence-corrected chi connectivity index (χ2v) is 13.1. The molecule has 0 bridgehead atoms. The zero-order valence-corrected chi connectivity index (χ0v) is 27.2. The Morgan fingerprint density at radius 3 is 2.33 bits per heavy atom. The van der Waals surface area contributed by atoms with E-state index in [0.717, 1.165) is 18.4 Å². The van der Waals surface area contributed by atoms with Crippen LogP contribution in [0.2, 0.25) is 0 Å². The fourth-order valence-corrected chi connectivity index (χ4v) is 8.10. The average Bonchev–Trinajstić information content (AvgIpc) is 3.32. The Kier molecular flexibility index (Phi) is 8.83. The Balaban J connectivity index is 1.45. The molecule has 2 unspecified atom stereocenters. The van der Waals surface area contributed by atoms with Crippen molar-refractivity contribution in [3.63, 3.8) is 0 Å². The molecule has 3 amide bonds. The van der Waals surface area contributed by atoms with Gasteiger partial charge in [-0.15, -0.1) is 0 Å². The molecule has 0 aromatic heterocycles. The Labute approximate surface area is 271 Å². The summed E-state index contributed by atoms with van der Waals surface area (Å²) in [5.41, 5.74) is -0.897. The van der Waals surface area contributed by atoms with Gasteiger partial charge in [0.25, 0.3) is 0 Å². The molecule has 9 nitrogen and oxygen atoms in total. The third-order valence-corrected chi connectivity index (χ3v) is 10.1. The molecule has 2 aromatic carbocycles. The third-order valence-electron chi connectivity index (χ3n) is 10.1. The van der Waals surface area contributed by atoms with Gasteiger partial charge in [0, 0.05) is 24.8 Å². The fraction of sp³-hybridized carbons (Fsp3) is 0.486. The number of benzene rings is 2. The number of aliphatic hydroxyl groups is 1. The van der Waals surface area contributed by atoms with E-state index in [1.54, 1.807) is 9.80 Å². The van der Waals surface area contributed by atoms with Crippen LogP contribution >= 0.6 is 0 Å². The van der Waals surface area contributed by atoms with Gasteiger partial charge in [0.1, 0.15) is 17.4 Å². The standard InChI is InChI=1S/C37H45N3O6/c1-5-12-25(3)38-21-11-20-37-31(34(43)40(32(37)35(38)44)28(24-41)23-26-13-8-7-9-14-26)30-33(42)39(22-10-19-36(30,4)46-37)27-15-17-29(18-16-27)45-6-2/h7-11,13-20,25,28,30-32,41H,5-6,12,21-24H2,1-4H3/t25?,28-,30+,31+,32?,36-,37+/m1/s1. The normalized spacial score (nSPS) is 30.1. The van der Waals surface area contributed by atoms with Crippen molar-refractivity contribution in [1.82, 2.24) is 9.80 Å². The van der Waals surface area contributed by atoms with Gasteiger partial charge in [-0.25, -0.2) is 0 Å².